The lowest BCUT2D eigenvalue weighted by Gasteiger charge is -2.22. The van der Waals surface area contributed by atoms with Gasteiger partial charge in [0, 0.05) is 12.6 Å². The number of likely N-dealkylation sites (tertiary alicyclic amines) is 1. The van der Waals surface area contributed by atoms with Crippen molar-refractivity contribution < 1.29 is 14.6 Å². The monoisotopic (exact) mass is 255 g/mol. The average molecular weight is 255 g/mol. The standard InChI is InChI=1S/C12H17NO3S/c1-16-12(15)11-9(4-6-17-11)7-13-5-2-3-10(13)8-14/h4,6,10,14H,2-3,5,7-8H2,1H3/t10-/m1/s1. The van der Waals surface area contributed by atoms with E-state index < -0.39 is 0 Å². The molecule has 2 rings (SSSR count). The van der Waals surface area contributed by atoms with Crippen molar-refractivity contribution in [3.63, 3.8) is 0 Å². The van der Waals surface area contributed by atoms with Gasteiger partial charge in [-0.3, -0.25) is 4.90 Å². The zero-order chi connectivity index (χ0) is 12.3. The highest BCUT2D eigenvalue weighted by Crippen LogP contribution is 2.24. The van der Waals surface area contributed by atoms with E-state index in [2.05, 4.69) is 4.90 Å². The first-order chi connectivity index (χ1) is 8.26. The van der Waals surface area contributed by atoms with Gasteiger partial charge in [0.15, 0.2) is 0 Å². The molecule has 1 fully saturated rings. The summed E-state index contributed by atoms with van der Waals surface area (Å²) < 4.78 is 4.76. The smallest absolute Gasteiger partial charge is 0.348 e. The molecule has 2 heterocycles. The van der Waals surface area contributed by atoms with Gasteiger partial charge in [-0.1, -0.05) is 0 Å². The molecule has 0 aliphatic carbocycles. The Labute approximate surface area is 105 Å². The molecule has 0 radical (unpaired) electrons. The molecule has 1 aromatic rings. The largest absolute Gasteiger partial charge is 0.465 e. The Kier molecular flexibility index (Phi) is 4.15. The Bertz CT molecular complexity index is 391. The van der Waals surface area contributed by atoms with Gasteiger partial charge in [-0.25, -0.2) is 4.79 Å². The maximum atomic E-state index is 11.5. The first-order valence-electron chi connectivity index (χ1n) is 5.76. The van der Waals surface area contributed by atoms with Crippen molar-refractivity contribution in [1.82, 2.24) is 4.90 Å². The highest BCUT2D eigenvalue weighted by atomic mass is 32.1. The summed E-state index contributed by atoms with van der Waals surface area (Å²) >= 11 is 1.41. The van der Waals surface area contributed by atoms with Gasteiger partial charge < -0.3 is 9.84 Å². The van der Waals surface area contributed by atoms with Crippen LogP contribution in [0.25, 0.3) is 0 Å². The molecule has 0 aromatic carbocycles. The highest BCUT2D eigenvalue weighted by molar-refractivity contribution is 7.12. The van der Waals surface area contributed by atoms with Crippen LogP contribution in [0.4, 0.5) is 0 Å². The molecule has 1 aliphatic rings. The van der Waals surface area contributed by atoms with Crippen molar-refractivity contribution in [2.75, 3.05) is 20.3 Å². The molecule has 1 atom stereocenters. The third-order valence-corrected chi connectivity index (χ3v) is 4.14. The van der Waals surface area contributed by atoms with Crippen molar-refractivity contribution in [1.29, 1.82) is 0 Å². The Morgan fingerprint density at radius 1 is 1.71 bits per heavy atom. The summed E-state index contributed by atoms with van der Waals surface area (Å²) in [6.07, 6.45) is 2.15. The van der Waals surface area contributed by atoms with Crippen LogP contribution in [0.15, 0.2) is 11.4 Å². The summed E-state index contributed by atoms with van der Waals surface area (Å²) in [5.41, 5.74) is 1.00. The summed E-state index contributed by atoms with van der Waals surface area (Å²) in [7, 11) is 1.40. The van der Waals surface area contributed by atoms with E-state index in [0.29, 0.717) is 4.88 Å². The number of carbonyl (C=O) groups is 1. The number of carbonyl (C=O) groups excluding carboxylic acids is 1. The van der Waals surface area contributed by atoms with Gasteiger partial charge in [-0.15, -0.1) is 11.3 Å². The fourth-order valence-electron chi connectivity index (χ4n) is 2.26. The molecule has 4 nitrogen and oxygen atoms in total. The van der Waals surface area contributed by atoms with Gasteiger partial charge in [-0.05, 0) is 36.4 Å². The molecule has 1 N–H and O–H groups in total. The lowest BCUT2D eigenvalue weighted by atomic mass is 10.2. The Morgan fingerprint density at radius 2 is 2.53 bits per heavy atom. The summed E-state index contributed by atoms with van der Waals surface area (Å²) in [6.45, 7) is 1.90. The Hall–Kier alpha value is -0.910. The minimum absolute atomic E-state index is 0.192. The molecule has 0 amide bonds. The fraction of sp³-hybridized carbons (Fsp3) is 0.583. The van der Waals surface area contributed by atoms with Crippen molar-refractivity contribution in [3.05, 3.63) is 21.9 Å². The van der Waals surface area contributed by atoms with Gasteiger partial charge in [0.05, 0.1) is 13.7 Å². The van der Waals surface area contributed by atoms with Gasteiger partial charge in [0.1, 0.15) is 4.88 Å². The third kappa shape index (κ3) is 2.68. The SMILES string of the molecule is COC(=O)c1sccc1CN1CCC[C@@H]1CO. The minimum atomic E-state index is -0.269. The quantitative estimate of drug-likeness (QED) is 0.828. The lowest BCUT2D eigenvalue weighted by molar-refractivity contribution is 0.0603. The first kappa shape index (κ1) is 12.5. The average Bonchev–Trinajstić information content (AvgIpc) is 2.97. The molecule has 1 saturated heterocycles. The van der Waals surface area contributed by atoms with Crippen molar-refractivity contribution in [2.24, 2.45) is 0 Å². The number of thiophene rings is 1. The molecular weight excluding hydrogens is 238 g/mol. The second kappa shape index (κ2) is 5.62. The predicted molar refractivity (Wildman–Crippen MR) is 66.2 cm³/mol. The van der Waals surface area contributed by atoms with Crippen LogP contribution in [0.3, 0.4) is 0 Å². The molecule has 0 unspecified atom stereocenters. The predicted octanol–water partition coefficient (Wildman–Crippen LogP) is 1.49. The van der Waals surface area contributed by atoms with Crippen LogP contribution >= 0.6 is 11.3 Å². The van der Waals surface area contributed by atoms with E-state index in [0.717, 1.165) is 31.5 Å². The summed E-state index contributed by atoms with van der Waals surface area (Å²) in [5, 5.41) is 11.2. The van der Waals surface area contributed by atoms with E-state index >= 15 is 0 Å². The summed E-state index contributed by atoms with van der Waals surface area (Å²) in [4.78, 5) is 14.4. The van der Waals surface area contributed by atoms with Gasteiger partial charge in [0.25, 0.3) is 0 Å². The maximum Gasteiger partial charge on any atom is 0.348 e. The second-order valence-corrected chi connectivity index (χ2v) is 5.13. The van der Waals surface area contributed by atoms with Crippen LogP contribution in [-0.2, 0) is 11.3 Å². The number of methoxy groups -OCH3 is 1. The zero-order valence-electron chi connectivity index (χ0n) is 9.89. The van der Waals surface area contributed by atoms with Crippen LogP contribution in [0.1, 0.15) is 28.1 Å². The third-order valence-electron chi connectivity index (χ3n) is 3.20. The normalized spacial score (nSPS) is 20.7. The maximum absolute atomic E-state index is 11.5. The number of nitrogens with zero attached hydrogens (tertiary/aromatic N) is 1. The van der Waals surface area contributed by atoms with Gasteiger partial charge in [0.2, 0.25) is 0 Å². The summed E-state index contributed by atoms with van der Waals surface area (Å²) in [6, 6.07) is 2.20. The van der Waals surface area contributed by atoms with E-state index in [-0.39, 0.29) is 18.6 Å². The molecule has 17 heavy (non-hydrogen) atoms. The van der Waals surface area contributed by atoms with E-state index in [1.807, 2.05) is 11.4 Å². The number of aliphatic hydroxyl groups is 1. The number of hydrogen-bond donors (Lipinski definition) is 1. The zero-order valence-corrected chi connectivity index (χ0v) is 10.7. The first-order valence-corrected chi connectivity index (χ1v) is 6.63. The van der Waals surface area contributed by atoms with E-state index in [1.54, 1.807) is 0 Å². The van der Waals surface area contributed by atoms with Crippen LogP contribution in [-0.4, -0.2) is 42.3 Å². The number of rotatable bonds is 4. The molecule has 0 bridgehead atoms. The Balaban J connectivity index is 2.08. The topological polar surface area (TPSA) is 49.8 Å². The van der Waals surface area contributed by atoms with Gasteiger partial charge >= 0.3 is 5.97 Å². The number of hydrogen-bond acceptors (Lipinski definition) is 5. The minimum Gasteiger partial charge on any atom is -0.465 e. The highest BCUT2D eigenvalue weighted by Gasteiger charge is 2.25. The number of esters is 1. The van der Waals surface area contributed by atoms with E-state index in [4.69, 9.17) is 4.74 Å². The van der Waals surface area contributed by atoms with Crippen LogP contribution in [0.5, 0.6) is 0 Å². The number of aliphatic hydroxyl groups excluding tert-OH is 1. The number of ether oxygens (including phenoxy) is 1. The van der Waals surface area contributed by atoms with Crippen LogP contribution in [0.2, 0.25) is 0 Å². The molecule has 0 saturated carbocycles. The van der Waals surface area contributed by atoms with Crippen molar-refractivity contribution >= 4 is 17.3 Å². The van der Waals surface area contributed by atoms with E-state index in [9.17, 15) is 9.90 Å². The summed E-state index contributed by atoms with van der Waals surface area (Å²) in [5.74, 6) is -0.269. The van der Waals surface area contributed by atoms with Gasteiger partial charge in [-0.2, -0.15) is 0 Å². The molecular formula is C12H17NO3S. The molecule has 5 heteroatoms. The molecule has 1 aliphatic heterocycles. The second-order valence-electron chi connectivity index (χ2n) is 4.22. The molecule has 0 spiro atoms. The van der Waals surface area contributed by atoms with Crippen molar-refractivity contribution in [3.8, 4) is 0 Å². The van der Waals surface area contributed by atoms with E-state index in [1.165, 1.54) is 18.4 Å². The van der Waals surface area contributed by atoms with Crippen LogP contribution in [0, 0.1) is 0 Å². The fourth-order valence-corrected chi connectivity index (χ4v) is 3.09. The molecule has 94 valence electrons. The van der Waals surface area contributed by atoms with Crippen molar-refractivity contribution in [2.45, 2.75) is 25.4 Å². The Morgan fingerprint density at radius 3 is 3.24 bits per heavy atom. The van der Waals surface area contributed by atoms with Crippen LogP contribution < -0.4 is 0 Å². The molecule has 1 aromatic heterocycles. The lowest BCUT2D eigenvalue weighted by Crippen LogP contribution is -2.31.